The molecule has 0 aliphatic heterocycles. The van der Waals surface area contributed by atoms with E-state index in [-0.39, 0.29) is 5.91 Å². The number of ether oxygens (including phenoxy) is 1. The molecule has 0 heterocycles. The van der Waals surface area contributed by atoms with Gasteiger partial charge in [0.05, 0.1) is 5.02 Å². The molecule has 5 rings (SSSR count). The third-order valence-electron chi connectivity index (χ3n) is 6.10. The minimum absolute atomic E-state index is 0.0431. The van der Waals surface area contributed by atoms with Gasteiger partial charge in [-0.3, -0.25) is 4.79 Å². The zero-order chi connectivity index (χ0) is 16.8. The first-order valence-electron chi connectivity index (χ1n) is 8.91. The monoisotopic (exact) mass is 367 g/mol. The number of hydrogen-bond donors (Lipinski definition) is 1. The van der Waals surface area contributed by atoms with Gasteiger partial charge in [0.25, 0.3) is 5.91 Å². The average Bonchev–Trinajstić information content (AvgIpc) is 2.52. The molecule has 4 bridgehead atoms. The van der Waals surface area contributed by atoms with Gasteiger partial charge in [0.2, 0.25) is 0 Å². The van der Waals surface area contributed by atoms with E-state index < -0.39 is 6.10 Å². The number of carbonyl (C=O) groups is 1. The summed E-state index contributed by atoms with van der Waals surface area (Å²) in [6.45, 7) is 1.77. The Morgan fingerprint density at radius 2 is 1.75 bits per heavy atom. The summed E-state index contributed by atoms with van der Waals surface area (Å²) in [5, 5.41) is 4.26. The quantitative estimate of drug-likeness (QED) is 0.837. The van der Waals surface area contributed by atoms with Crippen molar-refractivity contribution in [1.82, 2.24) is 5.32 Å². The number of benzene rings is 1. The Morgan fingerprint density at radius 1 is 1.12 bits per heavy atom. The van der Waals surface area contributed by atoms with Gasteiger partial charge in [-0.1, -0.05) is 23.2 Å². The predicted octanol–water partition coefficient (Wildman–Crippen LogP) is 4.70. The van der Waals surface area contributed by atoms with Crippen LogP contribution in [0.5, 0.6) is 5.75 Å². The lowest BCUT2D eigenvalue weighted by molar-refractivity contribution is -0.131. The summed E-state index contributed by atoms with van der Waals surface area (Å²) in [5.41, 5.74) is 0. The van der Waals surface area contributed by atoms with E-state index in [2.05, 4.69) is 5.32 Å². The Labute approximate surface area is 153 Å². The van der Waals surface area contributed by atoms with Gasteiger partial charge in [0.1, 0.15) is 5.75 Å². The van der Waals surface area contributed by atoms with Gasteiger partial charge in [0.15, 0.2) is 6.10 Å². The Balaban J connectivity index is 1.39. The molecule has 1 aromatic rings. The Bertz CT molecular complexity index is 620. The molecule has 4 aliphatic carbocycles. The average molecular weight is 368 g/mol. The van der Waals surface area contributed by atoms with Crippen molar-refractivity contribution in [2.45, 2.75) is 51.2 Å². The zero-order valence-corrected chi connectivity index (χ0v) is 15.3. The van der Waals surface area contributed by atoms with Crippen LogP contribution < -0.4 is 10.1 Å². The summed E-state index contributed by atoms with van der Waals surface area (Å²) in [7, 11) is 0. The third kappa shape index (κ3) is 3.13. The van der Waals surface area contributed by atoms with Crippen LogP contribution in [0.25, 0.3) is 0 Å². The standard InChI is InChI=1S/C19H23Cl2NO2/c1-10(24-17-3-2-15(20)9-16(17)21)19(23)22-18-13-5-11-4-12(7-13)8-14(18)6-11/h2-3,9-14,18H,4-8H2,1H3,(H,22,23)/t10-,11?,12?,13?,14?,18?/m1/s1. The summed E-state index contributed by atoms with van der Waals surface area (Å²) in [6.07, 6.45) is 6.00. The summed E-state index contributed by atoms with van der Waals surface area (Å²) in [4.78, 5) is 12.6. The fraction of sp³-hybridized carbons (Fsp3) is 0.632. The highest BCUT2D eigenvalue weighted by atomic mass is 35.5. The van der Waals surface area contributed by atoms with E-state index in [4.69, 9.17) is 27.9 Å². The summed E-state index contributed by atoms with van der Waals surface area (Å²) in [6, 6.07) is 5.38. The molecular formula is C19H23Cl2NO2. The number of carbonyl (C=O) groups excluding carboxylic acids is 1. The van der Waals surface area contributed by atoms with Crippen molar-refractivity contribution in [2.75, 3.05) is 0 Å². The molecule has 0 aromatic heterocycles. The fourth-order valence-electron chi connectivity index (χ4n) is 5.26. The number of nitrogens with one attached hydrogen (secondary N) is 1. The van der Waals surface area contributed by atoms with E-state index in [0.29, 0.717) is 33.7 Å². The largest absolute Gasteiger partial charge is 0.479 e. The maximum atomic E-state index is 12.6. The van der Waals surface area contributed by atoms with Gasteiger partial charge in [-0.25, -0.2) is 0 Å². The van der Waals surface area contributed by atoms with Crippen molar-refractivity contribution in [1.29, 1.82) is 0 Å². The first-order chi connectivity index (χ1) is 11.5. The third-order valence-corrected chi connectivity index (χ3v) is 6.63. The van der Waals surface area contributed by atoms with Gasteiger partial charge >= 0.3 is 0 Å². The molecule has 4 saturated carbocycles. The number of halogens is 2. The van der Waals surface area contributed by atoms with Crippen LogP contribution >= 0.6 is 23.2 Å². The van der Waals surface area contributed by atoms with Gasteiger partial charge < -0.3 is 10.1 Å². The lowest BCUT2D eigenvalue weighted by atomic mass is 9.54. The smallest absolute Gasteiger partial charge is 0.261 e. The second kappa shape index (κ2) is 6.42. The summed E-state index contributed by atoms with van der Waals surface area (Å²) < 4.78 is 5.75. The van der Waals surface area contributed by atoms with E-state index in [1.165, 1.54) is 32.1 Å². The van der Waals surface area contributed by atoms with Gasteiger partial charge in [-0.2, -0.15) is 0 Å². The summed E-state index contributed by atoms with van der Waals surface area (Å²) >= 11 is 12.0. The zero-order valence-electron chi connectivity index (χ0n) is 13.8. The molecule has 0 unspecified atom stereocenters. The highest BCUT2D eigenvalue weighted by Crippen LogP contribution is 2.53. The van der Waals surface area contributed by atoms with Crippen LogP contribution in [-0.4, -0.2) is 18.1 Å². The molecule has 1 amide bonds. The molecule has 0 saturated heterocycles. The molecule has 4 fully saturated rings. The van der Waals surface area contributed by atoms with Crippen molar-refractivity contribution in [3.8, 4) is 5.75 Å². The minimum atomic E-state index is -0.569. The topological polar surface area (TPSA) is 38.3 Å². The lowest BCUT2D eigenvalue weighted by Crippen LogP contribution is -2.57. The van der Waals surface area contributed by atoms with E-state index >= 15 is 0 Å². The van der Waals surface area contributed by atoms with Crippen LogP contribution in [0.15, 0.2) is 18.2 Å². The molecule has 24 heavy (non-hydrogen) atoms. The number of amides is 1. The second-order valence-electron chi connectivity index (χ2n) is 7.80. The molecule has 0 spiro atoms. The molecule has 5 heteroatoms. The van der Waals surface area contributed by atoms with E-state index in [9.17, 15) is 4.79 Å². The maximum Gasteiger partial charge on any atom is 0.261 e. The number of hydrogen-bond acceptors (Lipinski definition) is 2. The Kier molecular flexibility index (Phi) is 4.42. The Morgan fingerprint density at radius 3 is 2.33 bits per heavy atom. The van der Waals surface area contributed by atoms with Crippen LogP contribution in [0.4, 0.5) is 0 Å². The second-order valence-corrected chi connectivity index (χ2v) is 8.64. The minimum Gasteiger partial charge on any atom is -0.479 e. The van der Waals surface area contributed by atoms with Crippen LogP contribution in [0.1, 0.15) is 39.0 Å². The van der Waals surface area contributed by atoms with Gasteiger partial charge in [-0.05, 0) is 80.9 Å². The SMILES string of the molecule is C[C@@H](Oc1ccc(Cl)cc1Cl)C(=O)NC1C2CC3CC(C2)CC1C3. The Hall–Kier alpha value is -0.930. The molecule has 1 atom stereocenters. The maximum absolute atomic E-state index is 12.6. The predicted molar refractivity (Wildman–Crippen MR) is 95.5 cm³/mol. The summed E-state index contributed by atoms with van der Waals surface area (Å²) in [5.74, 6) is 3.59. The van der Waals surface area contributed by atoms with Crippen LogP contribution in [0, 0.1) is 23.7 Å². The van der Waals surface area contributed by atoms with Gasteiger partial charge in [0, 0.05) is 11.1 Å². The highest BCUT2D eigenvalue weighted by molar-refractivity contribution is 6.35. The van der Waals surface area contributed by atoms with Crippen molar-refractivity contribution >= 4 is 29.1 Å². The fourth-order valence-corrected chi connectivity index (χ4v) is 5.71. The molecular weight excluding hydrogens is 345 g/mol. The van der Waals surface area contributed by atoms with E-state index in [0.717, 1.165) is 11.8 Å². The van der Waals surface area contributed by atoms with Crippen LogP contribution in [0.3, 0.4) is 0 Å². The molecule has 4 aliphatic rings. The van der Waals surface area contributed by atoms with Crippen molar-refractivity contribution < 1.29 is 9.53 Å². The van der Waals surface area contributed by atoms with Gasteiger partial charge in [-0.15, -0.1) is 0 Å². The van der Waals surface area contributed by atoms with Crippen molar-refractivity contribution in [3.63, 3.8) is 0 Å². The van der Waals surface area contributed by atoms with E-state index in [1.807, 2.05) is 0 Å². The van der Waals surface area contributed by atoms with Crippen molar-refractivity contribution in [3.05, 3.63) is 28.2 Å². The first kappa shape index (κ1) is 16.5. The lowest BCUT2D eigenvalue weighted by Gasteiger charge is -2.54. The van der Waals surface area contributed by atoms with Crippen molar-refractivity contribution in [2.24, 2.45) is 23.7 Å². The first-order valence-corrected chi connectivity index (χ1v) is 9.67. The highest BCUT2D eigenvalue weighted by Gasteiger charge is 2.48. The normalized spacial score (nSPS) is 34.9. The molecule has 130 valence electrons. The number of rotatable bonds is 4. The van der Waals surface area contributed by atoms with E-state index in [1.54, 1.807) is 25.1 Å². The van der Waals surface area contributed by atoms with Crippen LogP contribution in [-0.2, 0) is 4.79 Å². The molecule has 3 nitrogen and oxygen atoms in total. The molecule has 0 radical (unpaired) electrons. The molecule has 1 aromatic carbocycles. The molecule has 1 N–H and O–H groups in total. The van der Waals surface area contributed by atoms with Crippen LogP contribution in [0.2, 0.25) is 10.0 Å².